The number of rotatable bonds is 6. The molecule has 2 rings (SSSR count). The minimum Gasteiger partial charge on any atom is -0.496 e. The van der Waals surface area contributed by atoms with Crippen LogP contribution >= 0.6 is 0 Å². The number of hydrogen-bond acceptors (Lipinski definition) is 3. The van der Waals surface area contributed by atoms with Gasteiger partial charge in [0.15, 0.2) is 0 Å². The van der Waals surface area contributed by atoms with Gasteiger partial charge in [-0.15, -0.1) is 0 Å². The van der Waals surface area contributed by atoms with Crippen LogP contribution in [0, 0.1) is 5.82 Å². The SMILES string of the molecule is CNCCCc1ncc(-c2cc(F)ccc2OC)[nH]1. The highest BCUT2D eigenvalue weighted by Crippen LogP contribution is 2.29. The largest absolute Gasteiger partial charge is 0.496 e. The third-order valence-corrected chi connectivity index (χ3v) is 2.92. The molecule has 4 nitrogen and oxygen atoms in total. The molecule has 1 aromatic heterocycles. The zero-order valence-electron chi connectivity index (χ0n) is 11.2. The van der Waals surface area contributed by atoms with Gasteiger partial charge in [-0.2, -0.15) is 0 Å². The standard InChI is InChI=1S/C14H18FN3O/c1-16-7-3-4-14-17-9-12(18-14)11-8-10(15)5-6-13(11)19-2/h5-6,8-9,16H,3-4,7H2,1-2H3,(H,17,18). The zero-order chi connectivity index (χ0) is 13.7. The maximum absolute atomic E-state index is 13.3. The summed E-state index contributed by atoms with van der Waals surface area (Å²) < 4.78 is 18.6. The zero-order valence-corrected chi connectivity index (χ0v) is 11.2. The summed E-state index contributed by atoms with van der Waals surface area (Å²) in [6.45, 7) is 0.944. The van der Waals surface area contributed by atoms with Crippen molar-refractivity contribution in [1.29, 1.82) is 0 Å². The fraction of sp³-hybridized carbons (Fsp3) is 0.357. The number of nitrogens with one attached hydrogen (secondary N) is 2. The number of methoxy groups -OCH3 is 1. The van der Waals surface area contributed by atoms with Gasteiger partial charge in [-0.1, -0.05) is 0 Å². The summed E-state index contributed by atoms with van der Waals surface area (Å²) in [6, 6.07) is 4.45. The first kappa shape index (κ1) is 13.5. The summed E-state index contributed by atoms with van der Waals surface area (Å²) in [5.74, 6) is 1.24. The van der Waals surface area contributed by atoms with Gasteiger partial charge in [-0.05, 0) is 38.2 Å². The molecule has 0 unspecified atom stereocenters. The van der Waals surface area contributed by atoms with Gasteiger partial charge < -0.3 is 15.0 Å². The third-order valence-electron chi connectivity index (χ3n) is 2.92. The molecule has 5 heteroatoms. The average molecular weight is 263 g/mol. The summed E-state index contributed by atoms with van der Waals surface area (Å²) >= 11 is 0. The van der Waals surface area contributed by atoms with Gasteiger partial charge in [0.1, 0.15) is 17.4 Å². The van der Waals surface area contributed by atoms with E-state index in [9.17, 15) is 4.39 Å². The molecule has 0 fully saturated rings. The molecule has 0 spiro atoms. The molecule has 0 bridgehead atoms. The molecule has 1 heterocycles. The first-order chi connectivity index (χ1) is 9.24. The van der Waals surface area contributed by atoms with Gasteiger partial charge >= 0.3 is 0 Å². The van der Waals surface area contributed by atoms with E-state index in [1.807, 2.05) is 7.05 Å². The molecule has 2 aromatic rings. The summed E-state index contributed by atoms with van der Waals surface area (Å²) in [5.41, 5.74) is 1.46. The van der Waals surface area contributed by atoms with Crippen LogP contribution in [-0.2, 0) is 6.42 Å². The molecule has 0 saturated carbocycles. The molecule has 1 aromatic carbocycles. The second-order valence-corrected chi connectivity index (χ2v) is 4.30. The molecule has 0 radical (unpaired) electrons. The lowest BCUT2D eigenvalue weighted by Crippen LogP contribution is -2.08. The first-order valence-electron chi connectivity index (χ1n) is 6.27. The minimum atomic E-state index is -0.290. The van der Waals surface area contributed by atoms with Crippen molar-refractivity contribution in [3.05, 3.63) is 36.0 Å². The number of benzene rings is 1. The second-order valence-electron chi connectivity index (χ2n) is 4.30. The second kappa shape index (κ2) is 6.33. The van der Waals surface area contributed by atoms with Crippen LogP contribution < -0.4 is 10.1 Å². The number of nitrogens with zero attached hydrogens (tertiary/aromatic N) is 1. The molecule has 0 aliphatic rings. The van der Waals surface area contributed by atoms with E-state index >= 15 is 0 Å². The number of aromatic amines is 1. The van der Waals surface area contributed by atoms with E-state index in [0.717, 1.165) is 30.9 Å². The van der Waals surface area contributed by atoms with E-state index in [0.29, 0.717) is 11.3 Å². The smallest absolute Gasteiger partial charge is 0.128 e. The Kier molecular flexibility index (Phi) is 4.52. The lowest BCUT2D eigenvalue weighted by molar-refractivity contribution is 0.415. The van der Waals surface area contributed by atoms with Crippen molar-refractivity contribution in [2.24, 2.45) is 0 Å². The maximum Gasteiger partial charge on any atom is 0.128 e. The third kappa shape index (κ3) is 3.32. The van der Waals surface area contributed by atoms with E-state index < -0.39 is 0 Å². The van der Waals surface area contributed by atoms with Gasteiger partial charge in [0, 0.05) is 12.0 Å². The monoisotopic (exact) mass is 263 g/mol. The van der Waals surface area contributed by atoms with Crippen LogP contribution in [0.1, 0.15) is 12.2 Å². The highest BCUT2D eigenvalue weighted by Gasteiger charge is 2.10. The molecular formula is C14H18FN3O. The Morgan fingerprint density at radius 3 is 3.00 bits per heavy atom. The highest BCUT2D eigenvalue weighted by molar-refractivity contribution is 5.66. The van der Waals surface area contributed by atoms with Crippen molar-refractivity contribution in [2.75, 3.05) is 20.7 Å². The Hall–Kier alpha value is -1.88. The van der Waals surface area contributed by atoms with Crippen molar-refractivity contribution in [3.63, 3.8) is 0 Å². The number of H-pyrrole nitrogens is 1. The highest BCUT2D eigenvalue weighted by atomic mass is 19.1. The van der Waals surface area contributed by atoms with Crippen LogP contribution in [0.2, 0.25) is 0 Å². The van der Waals surface area contributed by atoms with E-state index in [1.54, 1.807) is 19.4 Å². The van der Waals surface area contributed by atoms with Crippen molar-refractivity contribution in [1.82, 2.24) is 15.3 Å². The Labute approximate surface area is 112 Å². The molecule has 0 atom stereocenters. The lowest BCUT2D eigenvalue weighted by Gasteiger charge is -2.06. The fourth-order valence-electron chi connectivity index (χ4n) is 1.95. The van der Waals surface area contributed by atoms with Gasteiger partial charge in [-0.25, -0.2) is 9.37 Å². The normalized spacial score (nSPS) is 10.7. The van der Waals surface area contributed by atoms with Gasteiger partial charge in [0.05, 0.1) is 19.0 Å². The van der Waals surface area contributed by atoms with Crippen molar-refractivity contribution in [2.45, 2.75) is 12.8 Å². The van der Waals surface area contributed by atoms with Crippen LogP contribution in [0.15, 0.2) is 24.4 Å². The Bertz CT molecular complexity index is 539. The van der Waals surface area contributed by atoms with Crippen LogP contribution in [0.25, 0.3) is 11.3 Å². The minimum absolute atomic E-state index is 0.290. The van der Waals surface area contributed by atoms with Crippen molar-refractivity contribution >= 4 is 0 Å². The Morgan fingerprint density at radius 1 is 1.42 bits per heavy atom. The Balaban J connectivity index is 2.20. The number of aryl methyl sites for hydroxylation is 1. The average Bonchev–Trinajstić information content (AvgIpc) is 2.88. The fourth-order valence-corrected chi connectivity index (χ4v) is 1.95. The number of aromatic nitrogens is 2. The number of hydrogen-bond donors (Lipinski definition) is 2. The van der Waals surface area contributed by atoms with Gasteiger partial charge in [-0.3, -0.25) is 0 Å². The van der Waals surface area contributed by atoms with Gasteiger partial charge in [0.25, 0.3) is 0 Å². The number of ether oxygens (including phenoxy) is 1. The van der Waals surface area contributed by atoms with Gasteiger partial charge in [0.2, 0.25) is 0 Å². The van der Waals surface area contributed by atoms with Crippen LogP contribution in [0.5, 0.6) is 5.75 Å². The maximum atomic E-state index is 13.3. The predicted octanol–water partition coefficient (Wildman–Crippen LogP) is 2.38. The van der Waals surface area contributed by atoms with Crippen LogP contribution in [0.4, 0.5) is 4.39 Å². The van der Waals surface area contributed by atoms with Crippen molar-refractivity contribution < 1.29 is 9.13 Å². The summed E-state index contributed by atoms with van der Waals surface area (Å²) in [5, 5.41) is 3.09. The molecule has 0 aliphatic heterocycles. The van der Waals surface area contributed by atoms with Crippen molar-refractivity contribution in [3.8, 4) is 17.0 Å². The van der Waals surface area contributed by atoms with Crippen LogP contribution in [-0.4, -0.2) is 30.7 Å². The lowest BCUT2D eigenvalue weighted by atomic mass is 10.1. The van der Waals surface area contributed by atoms with E-state index in [-0.39, 0.29) is 5.82 Å². The quantitative estimate of drug-likeness (QED) is 0.787. The summed E-state index contributed by atoms with van der Waals surface area (Å²) in [6.07, 6.45) is 3.58. The predicted molar refractivity (Wildman–Crippen MR) is 72.8 cm³/mol. The molecule has 0 aliphatic carbocycles. The summed E-state index contributed by atoms with van der Waals surface area (Å²) in [4.78, 5) is 7.51. The Morgan fingerprint density at radius 2 is 2.26 bits per heavy atom. The van der Waals surface area contributed by atoms with E-state index in [1.165, 1.54) is 12.1 Å². The summed E-state index contributed by atoms with van der Waals surface area (Å²) in [7, 11) is 3.49. The van der Waals surface area contributed by atoms with Crippen LogP contribution in [0.3, 0.4) is 0 Å². The first-order valence-corrected chi connectivity index (χ1v) is 6.27. The molecule has 0 amide bonds. The molecule has 0 saturated heterocycles. The number of imidazole rings is 1. The number of halogens is 1. The molecule has 102 valence electrons. The van der Waals surface area contributed by atoms with E-state index in [4.69, 9.17) is 4.74 Å². The molecule has 2 N–H and O–H groups in total. The molecule has 19 heavy (non-hydrogen) atoms. The van der Waals surface area contributed by atoms with E-state index in [2.05, 4.69) is 15.3 Å². The molecular weight excluding hydrogens is 245 g/mol. The topological polar surface area (TPSA) is 49.9 Å².